The first-order chi connectivity index (χ1) is 13.4. The number of hydrogen-bond acceptors (Lipinski definition) is 5. The van der Waals surface area contributed by atoms with Crippen molar-refractivity contribution in [1.82, 2.24) is 14.8 Å². The lowest BCUT2D eigenvalue weighted by atomic mass is 10.2. The number of amides is 1. The summed E-state index contributed by atoms with van der Waals surface area (Å²) >= 11 is 7.22. The van der Waals surface area contributed by atoms with E-state index in [1.54, 1.807) is 24.3 Å². The fraction of sp³-hybridized carbons (Fsp3) is 0.250. The van der Waals surface area contributed by atoms with E-state index in [9.17, 15) is 4.79 Å². The molecule has 0 aliphatic heterocycles. The lowest BCUT2D eigenvalue weighted by molar-refractivity contribution is -0.115. The van der Waals surface area contributed by atoms with E-state index in [-0.39, 0.29) is 17.8 Å². The maximum atomic E-state index is 12.5. The van der Waals surface area contributed by atoms with Gasteiger partial charge in [-0.15, -0.1) is 10.2 Å². The van der Waals surface area contributed by atoms with Crippen LogP contribution in [0.25, 0.3) is 0 Å². The van der Waals surface area contributed by atoms with Gasteiger partial charge in [-0.1, -0.05) is 35.5 Å². The van der Waals surface area contributed by atoms with Gasteiger partial charge in [-0.2, -0.15) is 0 Å². The van der Waals surface area contributed by atoms with Crippen LogP contribution in [-0.4, -0.2) is 25.9 Å². The largest absolute Gasteiger partial charge is 0.486 e. The Labute approximate surface area is 173 Å². The number of aryl methyl sites for hydroxylation is 1. The van der Waals surface area contributed by atoms with Gasteiger partial charge < -0.3 is 14.6 Å². The summed E-state index contributed by atoms with van der Waals surface area (Å²) in [4.78, 5) is 12.5. The van der Waals surface area contributed by atoms with Gasteiger partial charge in [0.25, 0.3) is 0 Å². The molecule has 1 aromatic heterocycles. The van der Waals surface area contributed by atoms with Gasteiger partial charge in [0.05, 0.1) is 5.25 Å². The number of carbonyl (C=O) groups excluding carboxylic acids is 1. The summed E-state index contributed by atoms with van der Waals surface area (Å²) < 4.78 is 7.54. The standard InChI is InChI=1S/C20H21ClN4O2S/c1-13-5-4-6-16(11-13)22-19(26)14(2)28-20-24-23-18(25(20)3)12-27-17-9-7-15(21)8-10-17/h4-11,14H,12H2,1-3H3,(H,22,26)/t14-/m1/s1. The molecule has 3 aromatic rings. The maximum absolute atomic E-state index is 12.5. The van der Waals surface area contributed by atoms with E-state index in [1.165, 1.54) is 11.8 Å². The predicted octanol–water partition coefficient (Wildman–Crippen LogP) is 4.48. The van der Waals surface area contributed by atoms with E-state index >= 15 is 0 Å². The highest BCUT2D eigenvalue weighted by molar-refractivity contribution is 8.00. The van der Waals surface area contributed by atoms with E-state index in [0.29, 0.717) is 21.8 Å². The predicted molar refractivity (Wildman–Crippen MR) is 112 cm³/mol. The van der Waals surface area contributed by atoms with Crippen molar-refractivity contribution in [2.45, 2.75) is 30.9 Å². The second kappa shape index (κ2) is 9.12. The molecule has 1 amide bonds. The van der Waals surface area contributed by atoms with Crippen LogP contribution in [0.3, 0.4) is 0 Å². The molecule has 0 saturated heterocycles. The zero-order chi connectivity index (χ0) is 20.1. The van der Waals surface area contributed by atoms with Gasteiger partial charge in [0.15, 0.2) is 11.0 Å². The number of thioether (sulfide) groups is 1. The molecule has 0 saturated carbocycles. The first kappa shape index (κ1) is 20.2. The summed E-state index contributed by atoms with van der Waals surface area (Å²) in [6, 6.07) is 14.8. The molecule has 0 radical (unpaired) electrons. The van der Waals surface area contributed by atoms with Crippen molar-refractivity contribution in [3.63, 3.8) is 0 Å². The molecular weight excluding hydrogens is 396 g/mol. The van der Waals surface area contributed by atoms with Crippen molar-refractivity contribution in [1.29, 1.82) is 0 Å². The molecule has 0 aliphatic rings. The quantitative estimate of drug-likeness (QED) is 0.575. The molecule has 1 atom stereocenters. The number of nitrogens with zero attached hydrogens (tertiary/aromatic N) is 3. The molecule has 0 spiro atoms. The minimum absolute atomic E-state index is 0.0856. The van der Waals surface area contributed by atoms with Gasteiger partial charge in [-0.25, -0.2) is 0 Å². The van der Waals surface area contributed by atoms with Crippen molar-refractivity contribution in [2.24, 2.45) is 7.05 Å². The van der Waals surface area contributed by atoms with Crippen LogP contribution in [0.15, 0.2) is 53.7 Å². The molecule has 0 fully saturated rings. The van der Waals surface area contributed by atoms with E-state index in [0.717, 1.165) is 11.3 Å². The normalized spacial score (nSPS) is 11.9. The first-order valence-electron chi connectivity index (χ1n) is 8.73. The van der Waals surface area contributed by atoms with Crippen LogP contribution in [0, 0.1) is 6.92 Å². The number of carbonyl (C=O) groups is 1. The van der Waals surface area contributed by atoms with Crippen molar-refractivity contribution in [3.05, 3.63) is 64.9 Å². The van der Waals surface area contributed by atoms with Gasteiger partial charge in [0.1, 0.15) is 12.4 Å². The summed E-state index contributed by atoms with van der Waals surface area (Å²) in [5.74, 6) is 1.29. The van der Waals surface area contributed by atoms with E-state index in [4.69, 9.17) is 16.3 Å². The van der Waals surface area contributed by atoms with Gasteiger partial charge in [-0.3, -0.25) is 4.79 Å². The smallest absolute Gasteiger partial charge is 0.237 e. The Morgan fingerprint density at radius 1 is 1.25 bits per heavy atom. The number of halogens is 1. The highest BCUT2D eigenvalue weighted by atomic mass is 35.5. The topological polar surface area (TPSA) is 69.0 Å². The van der Waals surface area contributed by atoms with Crippen LogP contribution < -0.4 is 10.1 Å². The second-order valence-electron chi connectivity index (χ2n) is 6.32. The van der Waals surface area contributed by atoms with Crippen LogP contribution in [0.2, 0.25) is 5.02 Å². The summed E-state index contributed by atoms with van der Waals surface area (Å²) in [5, 5.41) is 12.3. The number of ether oxygens (including phenoxy) is 1. The van der Waals surface area contributed by atoms with Gasteiger partial charge in [0, 0.05) is 17.8 Å². The van der Waals surface area contributed by atoms with Crippen molar-refractivity contribution in [3.8, 4) is 5.75 Å². The summed E-state index contributed by atoms with van der Waals surface area (Å²) in [6.07, 6.45) is 0. The van der Waals surface area contributed by atoms with Gasteiger partial charge >= 0.3 is 0 Å². The number of aromatic nitrogens is 3. The molecule has 28 heavy (non-hydrogen) atoms. The minimum Gasteiger partial charge on any atom is -0.486 e. The second-order valence-corrected chi connectivity index (χ2v) is 8.06. The molecule has 2 aromatic carbocycles. The third kappa shape index (κ3) is 5.27. The Hall–Kier alpha value is -2.51. The fourth-order valence-electron chi connectivity index (χ4n) is 2.43. The van der Waals surface area contributed by atoms with Crippen LogP contribution in [0.5, 0.6) is 5.75 Å². The SMILES string of the molecule is Cc1cccc(NC(=O)[C@@H](C)Sc2nnc(COc3ccc(Cl)cc3)n2C)c1. The molecule has 1 heterocycles. The molecule has 3 rings (SSSR count). The number of anilines is 1. The lowest BCUT2D eigenvalue weighted by Crippen LogP contribution is -2.22. The number of hydrogen-bond donors (Lipinski definition) is 1. The Kier molecular flexibility index (Phi) is 6.59. The van der Waals surface area contributed by atoms with Crippen LogP contribution >= 0.6 is 23.4 Å². The number of nitrogens with one attached hydrogen (secondary N) is 1. The lowest BCUT2D eigenvalue weighted by Gasteiger charge is -2.12. The summed E-state index contributed by atoms with van der Waals surface area (Å²) in [5.41, 5.74) is 1.88. The van der Waals surface area contributed by atoms with Crippen LogP contribution in [0.4, 0.5) is 5.69 Å². The Bertz CT molecular complexity index is 959. The Morgan fingerprint density at radius 3 is 2.71 bits per heavy atom. The average Bonchev–Trinajstić information content (AvgIpc) is 3.01. The third-order valence-corrected chi connectivity index (χ3v) is 5.43. The molecular formula is C20H21ClN4O2S. The van der Waals surface area contributed by atoms with Crippen molar-refractivity contribution >= 4 is 35.0 Å². The monoisotopic (exact) mass is 416 g/mol. The highest BCUT2D eigenvalue weighted by Crippen LogP contribution is 2.23. The zero-order valence-corrected chi connectivity index (χ0v) is 17.4. The molecule has 146 valence electrons. The van der Waals surface area contributed by atoms with Crippen molar-refractivity contribution in [2.75, 3.05) is 5.32 Å². The highest BCUT2D eigenvalue weighted by Gasteiger charge is 2.19. The number of benzene rings is 2. The average molecular weight is 417 g/mol. The molecule has 0 unspecified atom stereocenters. The molecule has 0 aliphatic carbocycles. The van der Waals surface area contributed by atoms with Crippen LogP contribution in [-0.2, 0) is 18.4 Å². The maximum Gasteiger partial charge on any atom is 0.237 e. The fourth-order valence-corrected chi connectivity index (χ4v) is 3.39. The van der Waals surface area contributed by atoms with E-state index in [2.05, 4.69) is 15.5 Å². The molecule has 0 bridgehead atoms. The summed E-state index contributed by atoms with van der Waals surface area (Å²) in [6.45, 7) is 4.10. The first-order valence-corrected chi connectivity index (χ1v) is 9.99. The van der Waals surface area contributed by atoms with Crippen molar-refractivity contribution < 1.29 is 9.53 Å². The van der Waals surface area contributed by atoms with Gasteiger partial charge in [-0.05, 0) is 55.8 Å². The van der Waals surface area contributed by atoms with Crippen LogP contribution in [0.1, 0.15) is 18.3 Å². The summed E-state index contributed by atoms with van der Waals surface area (Å²) in [7, 11) is 1.86. The Morgan fingerprint density at radius 2 is 2.00 bits per heavy atom. The zero-order valence-electron chi connectivity index (χ0n) is 15.8. The molecule has 6 nitrogen and oxygen atoms in total. The van der Waals surface area contributed by atoms with Gasteiger partial charge in [0.2, 0.25) is 5.91 Å². The van der Waals surface area contributed by atoms with E-state index < -0.39 is 0 Å². The van der Waals surface area contributed by atoms with E-state index in [1.807, 2.05) is 49.7 Å². The molecule has 1 N–H and O–H groups in total. The molecule has 8 heteroatoms. The Balaban J connectivity index is 1.58. The third-order valence-electron chi connectivity index (χ3n) is 4.04. The number of rotatable bonds is 7. The minimum atomic E-state index is -0.326.